The Balaban J connectivity index is 2.90. The number of aliphatic hydroxyl groups excluding tert-OH is 3. The highest BCUT2D eigenvalue weighted by Crippen LogP contribution is 2.25. The first-order valence-electron chi connectivity index (χ1n) is 7.60. The van der Waals surface area contributed by atoms with E-state index in [1.807, 2.05) is 6.92 Å². The van der Waals surface area contributed by atoms with Crippen molar-refractivity contribution in [2.45, 2.75) is 50.1 Å². The molecule has 0 aromatic carbocycles. The number of hydrogen-bond donors (Lipinski definition) is 4. The topological polar surface area (TPSA) is 107 Å². The molecule has 0 bridgehead atoms. The molecule has 23 heavy (non-hydrogen) atoms. The van der Waals surface area contributed by atoms with Crippen LogP contribution >= 0.6 is 0 Å². The monoisotopic (exact) mass is 324 g/mol. The second-order valence-electron chi connectivity index (χ2n) is 5.59. The van der Waals surface area contributed by atoms with Gasteiger partial charge in [0.1, 0.15) is 17.8 Å². The molecular formula is C17H24O6. The van der Waals surface area contributed by atoms with E-state index in [-0.39, 0.29) is 25.4 Å². The molecule has 0 saturated carbocycles. The Morgan fingerprint density at radius 3 is 2.78 bits per heavy atom. The molecule has 0 amide bonds. The summed E-state index contributed by atoms with van der Waals surface area (Å²) in [5.41, 5.74) is -1.78. The highest BCUT2D eigenvalue weighted by atomic mass is 16.5. The van der Waals surface area contributed by atoms with E-state index in [9.17, 15) is 20.1 Å². The van der Waals surface area contributed by atoms with Gasteiger partial charge in [-0.25, -0.2) is 4.79 Å². The number of rotatable bonds is 8. The number of aliphatic hydroxyl groups is 4. The van der Waals surface area contributed by atoms with Gasteiger partial charge in [0.25, 0.3) is 0 Å². The number of esters is 1. The summed E-state index contributed by atoms with van der Waals surface area (Å²) in [7, 11) is 0. The molecule has 0 aliphatic carbocycles. The fourth-order valence-corrected chi connectivity index (χ4v) is 2.41. The second kappa shape index (κ2) is 8.85. The van der Waals surface area contributed by atoms with Crippen LogP contribution in [0, 0.1) is 18.3 Å². The van der Waals surface area contributed by atoms with Crippen LogP contribution in [-0.2, 0) is 9.53 Å². The minimum absolute atomic E-state index is 0.0317. The predicted molar refractivity (Wildman–Crippen MR) is 84.1 cm³/mol. The Morgan fingerprint density at radius 2 is 2.22 bits per heavy atom. The number of carbonyl (C=O) groups is 1. The van der Waals surface area contributed by atoms with Crippen LogP contribution in [-0.4, -0.2) is 56.9 Å². The fourth-order valence-electron chi connectivity index (χ4n) is 2.41. The van der Waals surface area contributed by atoms with Crippen molar-refractivity contribution in [1.82, 2.24) is 0 Å². The first kappa shape index (κ1) is 19.4. The van der Waals surface area contributed by atoms with Crippen molar-refractivity contribution in [2.75, 3.05) is 6.61 Å². The maximum Gasteiger partial charge on any atom is 0.331 e. The number of hydrogen-bond acceptors (Lipinski definition) is 6. The van der Waals surface area contributed by atoms with Crippen molar-refractivity contribution in [3.63, 3.8) is 0 Å². The standard InChI is InChI=1S/C17H24O6/c1-3-12-5-6-16(21)23-14(12)7-8-17(22,9-10-18)15(20)11-13(19)4-2/h2,5-8,12-15,18-20,22H,3,9-11H2,1H3/b8-7+/t12-,13+,14-,15+,17-/m0/s1. The van der Waals surface area contributed by atoms with Gasteiger partial charge in [0, 0.05) is 31.4 Å². The summed E-state index contributed by atoms with van der Waals surface area (Å²) in [5, 5.41) is 39.2. The smallest absolute Gasteiger partial charge is 0.331 e. The molecule has 1 rings (SSSR count). The Bertz CT molecular complexity index is 492. The van der Waals surface area contributed by atoms with Crippen LogP contribution in [0.25, 0.3) is 0 Å². The molecule has 4 N–H and O–H groups in total. The zero-order valence-corrected chi connectivity index (χ0v) is 13.1. The maximum atomic E-state index is 11.4. The lowest BCUT2D eigenvalue weighted by molar-refractivity contribution is -0.143. The lowest BCUT2D eigenvalue weighted by Crippen LogP contribution is -2.43. The van der Waals surface area contributed by atoms with Crippen LogP contribution in [0.3, 0.4) is 0 Å². The average molecular weight is 324 g/mol. The molecule has 0 radical (unpaired) electrons. The van der Waals surface area contributed by atoms with Gasteiger partial charge in [-0.05, 0) is 12.5 Å². The Hall–Kier alpha value is -1.65. The van der Waals surface area contributed by atoms with E-state index in [0.29, 0.717) is 0 Å². The lowest BCUT2D eigenvalue weighted by atomic mass is 9.87. The molecule has 0 fully saturated rings. The van der Waals surface area contributed by atoms with E-state index in [2.05, 4.69) is 5.92 Å². The summed E-state index contributed by atoms with van der Waals surface area (Å²) in [6, 6.07) is 0. The minimum Gasteiger partial charge on any atom is -0.454 e. The van der Waals surface area contributed by atoms with Gasteiger partial charge in [-0.2, -0.15) is 0 Å². The third-order valence-electron chi connectivity index (χ3n) is 3.93. The van der Waals surface area contributed by atoms with Crippen LogP contribution in [0.15, 0.2) is 24.3 Å². The number of cyclic esters (lactones) is 1. The summed E-state index contributed by atoms with van der Waals surface area (Å²) in [4.78, 5) is 11.4. The molecule has 0 saturated heterocycles. The molecule has 0 unspecified atom stereocenters. The predicted octanol–water partition coefficient (Wildman–Crippen LogP) is -0.0910. The quantitative estimate of drug-likeness (QED) is 0.282. The Morgan fingerprint density at radius 1 is 1.52 bits per heavy atom. The number of terminal acetylenes is 1. The summed E-state index contributed by atoms with van der Waals surface area (Å²) < 4.78 is 5.20. The second-order valence-corrected chi connectivity index (χ2v) is 5.59. The van der Waals surface area contributed by atoms with Crippen LogP contribution in [0.2, 0.25) is 0 Å². The van der Waals surface area contributed by atoms with Crippen LogP contribution in [0.1, 0.15) is 26.2 Å². The van der Waals surface area contributed by atoms with Crippen molar-refractivity contribution in [3.05, 3.63) is 24.3 Å². The Kier molecular flexibility index (Phi) is 7.46. The molecule has 1 aliphatic rings. The van der Waals surface area contributed by atoms with Gasteiger partial charge in [-0.1, -0.05) is 25.0 Å². The number of ether oxygens (including phenoxy) is 1. The molecule has 0 aromatic heterocycles. The third kappa shape index (κ3) is 5.48. The van der Waals surface area contributed by atoms with Crippen LogP contribution < -0.4 is 0 Å². The molecule has 1 aliphatic heterocycles. The van der Waals surface area contributed by atoms with Gasteiger partial charge < -0.3 is 25.2 Å². The van der Waals surface area contributed by atoms with Crippen molar-refractivity contribution < 1.29 is 30.0 Å². The Labute approximate surface area is 136 Å². The normalized spacial score (nSPS) is 26.3. The van der Waals surface area contributed by atoms with E-state index in [1.165, 1.54) is 18.2 Å². The van der Waals surface area contributed by atoms with E-state index >= 15 is 0 Å². The summed E-state index contributed by atoms with van der Waals surface area (Å²) >= 11 is 0. The molecular weight excluding hydrogens is 300 g/mol. The minimum atomic E-state index is -1.78. The lowest BCUT2D eigenvalue weighted by Gasteiger charge is -2.31. The molecule has 5 atom stereocenters. The molecule has 6 heteroatoms. The van der Waals surface area contributed by atoms with Crippen molar-refractivity contribution in [2.24, 2.45) is 5.92 Å². The molecule has 1 heterocycles. The highest BCUT2D eigenvalue weighted by Gasteiger charge is 2.34. The van der Waals surface area contributed by atoms with Gasteiger partial charge in [0.2, 0.25) is 0 Å². The SMILES string of the molecule is C#C[C@@H](O)C[C@@H](O)[C@](O)(/C=C/[C@@H]1OC(=O)C=C[C@@H]1CC)CCO. The number of carbonyl (C=O) groups excluding carboxylic acids is 1. The zero-order chi connectivity index (χ0) is 17.5. The van der Waals surface area contributed by atoms with Gasteiger partial charge in [0.05, 0.1) is 6.10 Å². The molecule has 0 spiro atoms. The van der Waals surface area contributed by atoms with Gasteiger partial charge >= 0.3 is 5.97 Å². The van der Waals surface area contributed by atoms with E-state index in [0.717, 1.165) is 6.42 Å². The zero-order valence-electron chi connectivity index (χ0n) is 13.1. The van der Waals surface area contributed by atoms with Crippen molar-refractivity contribution in [3.8, 4) is 12.3 Å². The van der Waals surface area contributed by atoms with Crippen LogP contribution in [0.5, 0.6) is 0 Å². The largest absolute Gasteiger partial charge is 0.454 e. The highest BCUT2D eigenvalue weighted by molar-refractivity contribution is 5.83. The third-order valence-corrected chi connectivity index (χ3v) is 3.93. The van der Waals surface area contributed by atoms with Crippen LogP contribution in [0.4, 0.5) is 0 Å². The van der Waals surface area contributed by atoms with E-state index in [1.54, 1.807) is 6.08 Å². The first-order chi connectivity index (χ1) is 10.9. The maximum absolute atomic E-state index is 11.4. The van der Waals surface area contributed by atoms with E-state index < -0.39 is 29.9 Å². The van der Waals surface area contributed by atoms with Crippen molar-refractivity contribution >= 4 is 5.97 Å². The van der Waals surface area contributed by atoms with Crippen molar-refractivity contribution in [1.29, 1.82) is 0 Å². The molecule has 128 valence electrons. The average Bonchev–Trinajstić information content (AvgIpc) is 2.53. The fraction of sp³-hybridized carbons (Fsp3) is 0.588. The van der Waals surface area contributed by atoms with Gasteiger partial charge in [-0.15, -0.1) is 6.42 Å². The summed E-state index contributed by atoms with van der Waals surface area (Å²) in [6.45, 7) is 1.57. The van der Waals surface area contributed by atoms with Gasteiger partial charge in [-0.3, -0.25) is 0 Å². The molecule has 6 nitrogen and oxygen atoms in total. The van der Waals surface area contributed by atoms with E-state index in [4.69, 9.17) is 16.3 Å². The summed E-state index contributed by atoms with van der Waals surface area (Å²) in [5.74, 6) is 1.55. The van der Waals surface area contributed by atoms with Gasteiger partial charge in [0.15, 0.2) is 0 Å². The molecule has 0 aromatic rings. The first-order valence-corrected chi connectivity index (χ1v) is 7.60. The summed E-state index contributed by atoms with van der Waals surface area (Å²) in [6.07, 6.45) is 8.17.